The van der Waals surface area contributed by atoms with Crippen molar-refractivity contribution in [1.29, 1.82) is 0 Å². The average Bonchev–Trinajstić information content (AvgIpc) is 2.90. The molecule has 1 aromatic rings. The molecule has 1 saturated carbocycles. The highest BCUT2D eigenvalue weighted by molar-refractivity contribution is 5.27. The average molecular weight is 234 g/mol. The van der Waals surface area contributed by atoms with Crippen LogP contribution in [0.15, 0.2) is 24.3 Å². The molecule has 17 heavy (non-hydrogen) atoms. The summed E-state index contributed by atoms with van der Waals surface area (Å²) in [6.07, 6.45) is 6.33. The van der Waals surface area contributed by atoms with Gasteiger partial charge < -0.3 is 4.74 Å². The lowest BCUT2D eigenvalue weighted by Gasteiger charge is -2.22. The van der Waals surface area contributed by atoms with E-state index in [9.17, 15) is 0 Å². The predicted molar refractivity (Wildman–Crippen MR) is 69.8 cm³/mol. The Hall–Kier alpha value is -1.06. The van der Waals surface area contributed by atoms with Crippen molar-refractivity contribution < 1.29 is 4.74 Å². The van der Waals surface area contributed by atoms with Gasteiger partial charge in [-0.15, -0.1) is 0 Å². The molecule has 1 aliphatic carbocycles. The molecule has 0 saturated heterocycles. The van der Waals surface area contributed by atoms with E-state index in [1.807, 2.05) is 12.1 Å². The number of hydrogen-bond acceptors (Lipinski definition) is 3. The molecule has 0 aromatic heterocycles. The molecule has 1 fully saturated rings. The molecule has 0 radical (unpaired) electrons. The fraction of sp³-hybridized carbons (Fsp3) is 0.571. The zero-order valence-electron chi connectivity index (χ0n) is 10.5. The van der Waals surface area contributed by atoms with Gasteiger partial charge in [-0.2, -0.15) is 0 Å². The van der Waals surface area contributed by atoms with Gasteiger partial charge in [-0.1, -0.05) is 25.0 Å². The van der Waals surface area contributed by atoms with Crippen molar-refractivity contribution in [1.82, 2.24) is 5.43 Å². The zero-order valence-corrected chi connectivity index (χ0v) is 10.5. The number of rotatable bonds is 5. The second kappa shape index (κ2) is 6.03. The van der Waals surface area contributed by atoms with Crippen LogP contribution in [0.4, 0.5) is 0 Å². The summed E-state index contributed by atoms with van der Waals surface area (Å²) in [5, 5.41) is 0. The molecule has 3 N–H and O–H groups in total. The van der Waals surface area contributed by atoms with E-state index in [1.165, 1.54) is 31.2 Å². The van der Waals surface area contributed by atoms with Gasteiger partial charge in [0.1, 0.15) is 5.75 Å². The SMILES string of the molecule is COc1ccc(CC(NN)C2CCCC2)cc1. The van der Waals surface area contributed by atoms with Gasteiger partial charge in [-0.25, -0.2) is 0 Å². The second-order valence-electron chi connectivity index (χ2n) is 4.87. The maximum atomic E-state index is 5.68. The number of nitrogens with one attached hydrogen (secondary N) is 1. The van der Waals surface area contributed by atoms with Gasteiger partial charge in [0.05, 0.1) is 7.11 Å². The maximum Gasteiger partial charge on any atom is 0.118 e. The fourth-order valence-corrected chi connectivity index (χ4v) is 2.74. The smallest absolute Gasteiger partial charge is 0.118 e. The van der Waals surface area contributed by atoms with Gasteiger partial charge in [0.25, 0.3) is 0 Å². The first kappa shape index (κ1) is 12.4. The van der Waals surface area contributed by atoms with Crippen molar-refractivity contribution >= 4 is 0 Å². The molecular weight excluding hydrogens is 212 g/mol. The summed E-state index contributed by atoms with van der Waals surface area (Å²) < 4.78 is 5.16. The van der Waals surface area contributed by atoms with E-state index in [1.54, 1.807) is 7.11 Å². The highest BCUT2D eigenvalue weighted by atomic mass is 16.5. The number of hydrogen-bond donors (Lipinski definition) is 2. The molecule has 94 valence electrons. The van der Waals surface area contributed by atoms with Crippen molar-refractivity contribution in [2.75, 3.05) is 7.11 Å². The Morgan fingerprint density at radius 1 is 1.29 bits per heavy atom. The molecule has 0 amide bonds. The fourth-order valence-electron chi connectivity index (χ4n) is 2.74. The van der Waals surface area contributed by atoms with Gasteiger partial charge >= 0.3 is 0 Å². The van der Waals surface area contributed by atoms with E-state index < -0.39 is 0 Å². The second-order valence-corrected chi connectivity index (χ2v) is 4.87. The quantitative estimate of drug-likeness (QED) is 0.607. The van der Waals surface area contributed by atoms with Gasteiger partial charge in [0, 0.05) is 6.04 Å². The number of ether oxygens (including phenoxy) is 1. The lowest BCUT2D eigenvalue weighted by Crippen LogP contribution is -2.41. The molecule has 1 aliphatic rings. The van der Waals surface area contributed by atoms with Crippen molar-refractivity contribution in [3.05, 3.63) is 29.8 Å². The first-order valence-electron chi connectivity index (χ1n) is 6.42. The zero-order chi connectivity index (χ0) is 12.1. The van der Waals surface area contributed by atoms with Crippen LogP contribution in [0.1, 0.15) is 31.2 Å². The molecule has 0 heterocycles. The summed E-state index contributed by atoms with van der Waals surface area (Å²) in [5.41, 5.74) is 4.31. The summed E-state index contributed by atoms with van der Waals surface area (Å²) in [5.74, 6) is 7.33. The number of nitrogens with two attached hydrogens (primary N) is 1. The van der Waals surface area contributed by atoms with E-state index in [-0.39, 0.29) is 0 Å². The van der Waals surface area contributed by atoms with E-state index in [2.05, 4.69) is 17.6 Å². The Balaban J connectivity index is 1.96. The summed E-state index contributed by atoms with van der Waals surface area (Å²) in [6.45, 7) is 0. The Labute approximate surface area is 103 Å². The molecule has 1 unspecified atom stereocenters. The van der Waals surface area contributed by atoms with E-state index in [4.69, 9.17) is 10.6 Å². The molecule has 2 rings (SSSR count). The van der Waals surface area contributed by atoms with E-state index >= 15 is 0 Å². The van der Waals surface area contributed by atoms with Gasteiger partial charge in [0.15, 0.2) is 0 Å². The van der Waals surface area contributed by atoms with Crippen LogP contribution in [0.5, 0.6) is 5.75 Å². The topological polar surface area (TPSA) is 47.3 Å². The normalized spacial score (nSPS) is 18.2. The standard InChI is InChI=1S/C14H22N2O/c1-17-13-8-6-11(7-9-13)10-14(16-15)12-4-2-3-5-12/h6-9,12,14,16H,2-5,10,15H2,1H3. The van der Waals surface area contributed by atoms with Crippen LogP contribution in [0.2, 0.25) is 0 Å². The van der Waals surface area contributed by atoms with Crippen LogP contribution in [0.3, 0.4) is 0 Å². The molecule has 3 nitrogen and oxygen atoms in total. The van der Waals surface area contributed by atoms with E-state index in [0.717, 1.165) is 18.1 Å². The van der Waals surface area contributed by atoms with Crippen molar-refractivity contribution in [2.45, 2.75) is 38.1 Å². The van der Waals surface area contributed by atoms with Crippen molar-refractivity contribution in [3.8, 4) is 5.75 Å². The third-order valence-corrected chi connectivity index (χ3v) is 3.80. The van der Waals surface area contributed by atoms with Gasteiger partial charge in [-0.05, 0) is 42.9 Å². The third kappa shape index (κ3) is 3.20. The lowest BCUT2D eigenvalue weighted by molar-refractivity contribution is 0.361. The summed E-state index contributed by atoms with van der Waals surface area (Å²) in [4.78, 5) is 0. The molecular formula is C14H22N2O. The third-order valence-electron chi connectivity index (χ3n) is 3.80. The van der Waals surface area contributed by atoms with Crippen LogP contribution in [0, 0.1) is 5.92 Å². The molecule has 0 bridgehead atoms. The Morgan fingerprint density at radius 2 is 1.94 bits per heavy atom. The molecule has 0 aliphatic heterocycles. The summed E-state index contributed by atoms with van der Waals surface area (Å²) in [7, 11) is 1.69. The van der Waals surface area contributed by atoms with Crippen LogP contribution in [-0.2, 0) is 6.42 Å². The van der Waals surface area contributed by atoms with Crippen LogP contribution < -0.4 is 16.0 Å². The molecule has 1 aromatic carbocycles. The van der Waals surface area contributed by atoms with Crippen LogP contribution in [0.25, 0.3) is 0 Å². The maximum absolute atomic E-state index is 5.68. The summed E-state index contributed by atoms with van der Waals surface area (Å²) in [6, 6.07) is 8.68. The van der Waals surface area contributed by atoms with Crippen molar-refractivity contribution in [3.63, 3.8) is 0 Å². The number of benzene rings is 1. The van der Waals surface area contributed by atoms with E-state index in [0.29, 0.717) is 6.04 Å². The first-order valence-corrected chi connectivity index (χ1v) is 6.42. The molecule has 0 spiro atoms. The van der Waals surface area contributed by atoms with Gasteiger partial charge in [-0.3, -0.25) is 11.3 Å². The first-order chi connectivity index (χ1) is 8.33. The molecule has 1 atom stereocenters. The minimum absolute atomic E-state index is 0.408. The monoisotopic (exact) mass is 234 g/mol. The minimum atomic E-state index is 0.408. The number of hydrazine groups is 1. The van der Waals surface area contributed by atoms with Crippen LogP contribution >= 0.6 is 0 Å². The lowest BCUT2D eigenvalue weighted by atomic mass is 9.93. The number of methoxy groups -OCH3 is 1. The van der Waals surface area contributed by atoms with Crippen LogP contribution in [-0.4, -0.2) is 13.2 Å². The van der Waals surface area contributed by atoms with Crippen molar-refractivity contribution in [2.24, 2.45) is 11.8 Å². The van der Waals surface area contributed by atoms with Gasteiger partial charge in [0.2, 0.25) is 0 Å². The highest BCUT2D eigenvalue weighted by Crippen LogP contribution is 2.29. The Bertz CT molecular complexity index is 331. The minimum Gasteiger partial charge on any atom is -0.497 e. The largest absolute Gasteiger partial charge is 0.497 e. The Kier molecular flexibility index (Phi) is 4.40. The predicted octanol–water partition coefficient (Wildman–Crippen LogP) is 2.26. The Morgan fingerprint density at radius 3 is 2.47 bits per heavy atom. The molecule has 3 heteroatoms. The summed E-state index contributed by atoms with van der Waals surface area (Å²) >= 11 is 0. The highest BCUT2D eigenvalue weighted by Gasteiger charge is 2.24.